The number of nitrogens with zero attached hydrogens (tertiary/aromatic N) is 2. The van der Waals surface area contributed by atoms with Gasteiger partial charge in [0.15, 0.2) is 0 Å². The van der Waals surface area contributed by atoms with Crippen LogP contribution in [0.5, 0.6) is 6.01 Å². The Morgan fingerprint density at radius 1 is 1.46 bits per heavy atom. The van der Waals surface area contributed by atoms with Crippen LogP contribution in [0.2, 0.25) is 0 Å². The highest BCUT2D eigenvalue weighted by Crippen LogP contribution is 2.06. The molecular formula is C7H10FN3O2. The molecule has 1 aromatic heterocycles. The van der Waals surface area contributed by atoms with Gasteiger partial charge in [-0.1, -0.05) is 0 Å². The van der Waals surface area contributed by atoms with Crippen molar-refractivity contribution >= 4 is 5.82 Å². The Morgan fingerprint density at radius 2 is 2.23 bits per heavy atom. The van der Waals surface area contributed by atoms with E-state index in [1.807, 2.05) is 0 Å². The molecule has 2 N–H and O–H groups in total. The van der Waals surface area contributed by atoms with Crippen LogP contribution in [0, 0.1) is 5.95 Å². The van der Waals surface area contributed by atoms with Gasteiger partial charge in [-0.15, -0.1) is 0 Å². The van der Waals surface area contributed by atoms with E-state index in [1.165, 1.54) is 7.11 Å². The van der Waals surface area contributed by atoms with Gasteiger partial charge in [-0.05, 0) is 0 Å². The topological polar surface area (TPSA) is 70.3 Å². The van der Waals surface area contributed by atoms with Crippen molar-refractivity contribution in [3.63, 3.8) is 0 Å². The van der Waals surface area contributed by atoms with Gasteiger partial charge in [-0.2, -0.15) is 14.4 Å². The van der Waals surface area contributed by atoms with Crippen LogP contribution in [0.25, 0.3) is 0 Å². The predicted octanol–water partition coefficient (Wildman–Crippen LogP) is 0.223. The van der Waals surface area contributed by atoms with Crippen molar-refractivity contribution in [3.8, 4) is 6.01 Å². The molecule has 72 valence electrons. The summed E-state index contributed by atoms with van der Waals surface area (Å²) in [5.74, 6) is -0.667. The van der Waals surface area contributed by atoms with E-state index in [-0.39, 0.29) is 18.4 Å². The molecule has 1 rings (SSSR count). The van der Waals surface area contributed by atoms with Crippen LogP contribution < -0.4 is 10.5 Å². The fourth-order valence-corrected chi connectivity index (χ4v) is 0.694. The zero-order valence-electron chi connectivity index (χ0n) is 7.16. The first-order valence-corrected chi connectivity index (χ1v) is 3.64. The molecule has 13 heavy (non-hydrogen) atoms. The number of hydrogen-bond donors (Lipinski definition) is 1. The number of nitrogen functional groups attached to an aromatic ring is 1. The highest BCUT2D eigenvalue weighted by atomic mass is 19.1. The third-order valence-electron chi connectivity index (χ3n) is 1.21. The van der Waals surface area contributed by atoms with Gasteiger partial charge in [0, 0.05) is 13.2 Å². The molecule has 0 aliphatic rings. The van der Waals surface area contributed by atoms with Crippen molar-refractivity contribution in [2.75, 3.05) is 26.1 Å². The van der Waals surface area contributed by atoms with Crippen LogP contribution in [0.15, 0.2) is 6.07 Å². The summed E-state index contributed by atoms with van der Waals surface area (Å²) in [4.78, 5) is 7.02. The standard InChI is InChI=1S/C7H10FN3O2/c1-12-2-3-13-7-10-5(8)4-6(9)11-7/h4H,2-3H2,1H3,(H2,9,10,11). The summed E-state index contributed by atoms with van der Waals surface area (Å²) in [6.45, 7) is 0.652. The molecule has 0 saturated carbocycles. The van der Waals surface area contributed by atoms with Crippen molar-refractivity contribution in [3.05, 3.63) is 12.0 Å². The predicted molar refractivity (Wildman–Crippen MR) is 43.8 cm³/mol. The zero-order valence-corrected chi connectivity index (χ0v) is 7.16. The highest BCUT2D eigenvalue weighted by molar-refractivity contribution is 5.27. The van der Waals surface area contributed by atoms with E-state index in [2.05, 4.69) is 9.97 Å². The van der Waals surface area contributed by atoms with Crippen LogP contribution in [0.1, 0.15) is 0 Å². The second kappa shape index (κ2) is 4.56. The van der Waals surface area contributed by atoms with Crippen LogP contribution in [-0.2, 0) is 4.74 Å². The zero-order chi connectivity index (χ0) is 9.68. The molecule has 0 aromatic carbocycles. The van der Waals surface area contributed by atoms with Gasteiger partial charge in [0.2, 0.25) is 5.95 Å². The quantitative estimate of drug-likeness (QED) is 0.539. The van der Waals surface area contributed by atoms with Crippen molar-refractivity contribution in [2.24, 2.45) is 0 Å². The molecule has 0 fully saturated rings. The molecule has 6 heteroatoms. The van der Waals surface area contributed by atoms with Gasteiger partial charge >= 0.3 is 6.01 Å². The van der Waals surface area contributed by atoms with Gasteiger partial charge in [-0.25, -0.2) is 0 Å². The molecular weight excluding hydrogens is 177 g/mol. The van der Waals surface area contributed by atoms with Crippen molar-refractivity contribution in [1.29, 1.82) is 0 Å². The number of rotatable bonds is 4. The van der Waals surface area contributed by atoms with Crippen LogP contribution >= 0.6 is 0 Å². The number of anilines is 1. The molecule has 0 aliphatic carbocycles. The molecule has 0 bridgehead atoms. The maximum absolute atomic E-state index is 12.6. The number of hydrogen-bond acceptors (Lipinski definition) is 5. The molecule has 0 amide bonds. The summed E-state index contributed by atoms with van der Waals surface area (Å²) in [5.41, 5.74) is 5.26. The van der Waals surface area contributed by atoms with E-state index < -0.39 is 5.95 Å². The maximum atomic E-state index is 12.6. The van der Waals surface area contributed by atoms with Gasteiger partial charge in [0.05, 0.1) is 6.61 Å². The maximum Gasteiger partial charge on any atom is 0.321 e. The molecule has 0 atom stereocenters. The Labute approximate surface area is 74.7 Å². The molecule has 0 aliphatic heterocycles. The first-order valence-electron chi connectivity index (χ1n) is 3.64. The van der Waals surface area contributed by atoms with E-state index in [0.29, 0.717) is 6.61 Å². The second-order valence-electron chi connectivity index (χ2n) is 2.24. The van der Waals surface area contributed by atoms with Crippen LogP contribution in [-0.4, -0.2) is 30.3 Å². The van der Waals surface area contributed by atoms with Crippen LogP contribution in [0.3, 0.4) is 0 Å². The minimum Gasteiger partial charge on any atom is -0.461 e. The first-order chi connectivity index (χ1) is 6.22. The summed E-state index contributed by atoms with van der Waals surface area (Å²) in [6.07, 6.45) is 0. The second-order valence-corrected chi connectivity index (χ2v) is 2.24. The Bertz CT molecular complexity index is 262. The van der Waals surface area contributed by atoms with Gasteiger partial charge < -0.3 is 15.2 Å². The van der Waals surface area contributed by atoms with Crippen molar-refractivity contribution in [2.45, 2.75) is 0 Å². The normalized spacial score (nSPS) is 10.0. The van der Waals surface area contributed by atoms with Crippen LogP contribution in [0.4, 0.5) is 10.2 Å². The minimum atomic E-state index is -0.708. The smallest absolute Gasteiger partial charge is 0.321 e. The lowest BCUT2D eigenvalue weighted by atomic mass is 10.6. The fourth-order valence-electron chi connectivity index (χ4n) is 0.694. The third-order valence-corrected chi connectivity index (χ3v) is 1.21. The molecule has 0 saturated heterocycles. The number of halogens is 1. The van der Waals surface area contributed by atoms with E-state index in [0.717, 1.165) is 6.07 Å². The van der Waals surface area contributed by atoms with Crippen molar-refractivity contribution in [1.82, 2.24) is 9.97 Å². The van der Waals surface area contributed by atoms with E-state index in [4.69, 9.17) is 15.2 Å². The highest BCUT2D eigenvalue weighted by Gasteiger charge is 2.02. The van der Waals surface area contributed by atoms with E-state index in [9.17, 15) is 4.39 Å². The molecule has 0 spiro atoms. The summed E-state index contributed by atoms with van der Waals surface area (Å²) in [7, 11) is 1.53. The average Bonchev–Trinajstić information content (AvgIpc) is 2.03. The van der Waals surface area contributed by atoms with Gasteiger partial charge in [0.25, 0.3) is 0 Å². The Hall–Kier alpha value is -1.43. The summed E-state index contributed by atoms with van der Waals surface area (Å²) in [6, 6.07) is 0.943. The molecule has 1 heterocycles. The summed E-state index contributed by atoms with van der Waals surface area (Å²) >= 11 is 0. The largest absolute Gasteiger partial charge is 0.461 e. The van der Waals surface area contributed by atoms with Gasteiger partial charge in [0.1, 0.15) is 12.4 Å². The SMILES string of the molecule is COCCOc1nc(N)cc(F)n1. The van der Waals surface area contributed by atoms with E-state index >= 15 is 0 Å². The lowest BCUT2D eigenvalue weighted by Crippen LogP contribution is -2.08. The first kappa shape index (κ1) is 9.66. The molecule has 0 unspecified atom stereocenters. The molecule has 0 radical (unpaired) electrons. The molecule has 1 aromatic rings. The number of nitrogens with two attached hydrogens (primary N) is 1. The number of methoxy groups -OCH3 is 1. The Kier molecular flexibility index (Phi) is 3.39. The van der Waals surface area contributed by atoms with E-state index in [1.54, 1.807) is 0 Å². The lowest BCUT2D eigenvalue weighted by Gasteiger charge is -2.03. The molecule has 5 nitrogen and oxygen atoms in total. The summed E-state index contributed by atoms with van der Waals surface area (Å²) in [5, 5.41) is 0. The fraction of sp³-hybridized carbons (Fsp3) is 0.429. The van der Waals surface area contributed by atoms with Crippen molar-refractivity contribution < 1.29 is 13.9 Å². The number of ether oxygens (including phenoxy) is 2. The number of aromatic nitrogens is 2. The van der Waals surface area contributed by atoms with Gasteiger partial charge in [-0.3, -0.25) is 0 Å². The lowest BCUT2D eigenvalue weighted by molar-refractivity contribution is 0.140. The minimum absolute atomic E-state index is 0.0416. The third kappa shape index (κ3) is 3.20. The Morgan fingerprint density at radius 3 is 2.85 bits per heavy atom. The average molecular weight is 187 g/mol. The monoisotopic (exact) mass is 187 g/mol. The Balaban J connectivity index is 2.56. The summed E-state index contributed by atoms with van der Waals surface area (Å²) < 4.78 is 22.3.